The fraction of sp³-hybridized carbons (Fsp3) is 0.535. The highest BCUT2D eigenvalue weighted by molar-refractivity contribution is 5.95. The first-order valence-corrected chi connectivity index (χ1v) is 19.4. The summed E-state index contributed by atoms with van der Waals surface area (Å²) < 4.78 is 17.6. The van der Waals surface area contributed by atoms with Crippen molar-refractivity contribution >= 4 is 33.7 Å². The first-order chi connectivity index (χ1) is 25.6. The van der Waals surface area contributed by atoms with E-state index in [1.807, 2.05) is 6.92 Å². The molecule has 280 valence electrons. The number of nitrogens with zero attached hydrogens (tertiary/aromatic N) is 2. The molecule has 4 aliphatic heterocycles. The van der Waals surface area contributed by atoms with Crippen LogP contribution in [0.5, 0.6) is 5.75 Å². The zero-order valence-electron chi connectivity index (χ0n) is 31.7. The van der Waals surface area contributed by atoms with E-state index in [1.54, 1.807) is 7.11 Å². The average molecular weight is 721 g/mol. The highest BCUT2D eigenvalue weighted by atomic mass is 16.5. The van der Waals surface area contributed by atoms with Crippen LogP contribution in [-0.2, 0) is 37.3 Å². The summed E-state index contributed by atoms with van der Waals surface area (Å²) in [5.74, 6) is 0.0283. The lowest BCUT2D eigenvalue weighted by Gasteiger charge is -2.58. The van der Waals surface area contributed by atoms with E-state index in [0.29, 0.717) is 19.3 Å². The molecule has 2 aliphatic carbocycles. The number of nitrogens with one attached hydrogen (secondary N) is 2. The molecule has 2 aromatic heterocycles. The summed E-state index contributed by atoms with van der Waals surface area (Å²) in [6.45, 7) is 6.48. The summed E-state index contributed by atoms with van der Waals surface area (Å²) in [7, 11) is 6.87. The summed E-state index contributed by atoms with van der Waals surface area (Å²) >= 11 is 0. The maximum absolute atomic E-state index is 14.4. The Labute approximate surface area is 310 Å². The molecule has 53 heavy (non-hydrogen) atoms. The fourth-order valence-corrected chi connectivity index (χ4v) is 12.1. The number of para-hydroxylation sites is 1. The van der Waals surface area contributed by atoms with Gasteiger partial charge in [0.1, 0.15) is 11.2 Å². The van der Waals surface area contributed by atoms with Crippen molar-refractivity contribution in [1.82, 2.24) is 19.8 Å². The summed E-state index contributed by atoms with van der Waals surface area (Å²) in [5.41, 5.74) is 7.83. The molecule has 4 aromatic rings. The molecule has 0 radical (unpaired) electrons. The van der Waals surface area contributed by atoms with Crippen LogP contribution in [0.3, 0.4) is 0 Å². The molecule has 3 N–H and O–H groups in total. The molecule has 6 aliphatic rings. The Morgan fingerprint density at radius 3 is 2.58 bits per heavy atom. The van der Waals surface area contributed by atoms with E-state index in [2.05, 4.69) is 76.2 Å². The lowest BCUT2D eigenvalue weighted by atomic mass is 9.56. The molecule has 1 unspecified atom stereocenters. The Kier molecular flexibility index (Phi) is 8.33. The lowest BCUT2D eigenvalue weighted by Crippen LogP contribution is -2.68. The molecule has 2 aromatic carbocycles. The molecule has 0 spiro atoms. The van der Waals surface area contributed by atoms with Crippen LogP contribution < -0.4 is 4.74 Å². The largest absolute Gasteiger partial charge is 0.496 e. The Morgan fingerprint density at radius 2 is 1.85 bits per heavy atom. The number of aliphatic hydroxyl groups excluding tert-OH is 1. The Hall–Kier alpha value is -4.12. The number of rotatable bonds is 5. The van der Waals surface area contributed by atoms with Gasteiger partial charge >= 0.3 is 11.9 Å². The topological polar surface area (TPSA) is 120 Å². The van der Waals surface area contributed by atoms with Gasteiger partial charge in [0.2, 0.25) is 0 Å². The van der Waals surface area contributed by atoms with Crippen molar-refractivity contribution in [2.75, 3.05) is 48.0 Å². The second kappa shape index (κ2) is 12.7. The van der Waals surface area contributed by atoms with Crippen LogP contribution in [0, 0.1) is 23.7 Å². The van der Waals surface area contributed by atoms with E-state index in [4.69, 9.17) is 14.2 Å². The smallest absolute Gasteiger partial charge is 0.319 e. The van der Waals surface area contributed by atoms with Crippen molar-refractivity contribution in [3.63, 3.8) is 0 Å². The van der Waals surface area contributed by atoms with E-state index in [1.165, 1.54) is 30.7 Å². The zero-order valence-corrected chi connectivity index (χ0v) is 31.7. The Morgan fingerprint density at radius 1 is 1.04 bits per heavy atom. The first kappa shape index (κ1) is 34.6. The number of H-pyrrole nitrogens is 2. The standard InChI is InChI=1S/C43H52N4O6/c1-7-24-21-46(3)33-18-30-25-10-8-9-11-32(25)44-37(30)31(17-29(24)35(33)41(49)52-5)36-34(51-4)13-12-26-27-14-15-47-20-23-16-28(22(2)48)40(47)43(19-23,42(50)53-6)39(27)45-38(26)36/h7-13,22-23,28-29,31,33,35,40,44-45,48H,14-21H2,1-6H3/b24-7+/t22-,23+,28+,29-,31-,33+,35+,40-,43+/m0/s1. The summed E-state index contributed by atoms with van der Waals surface area (Å²) in [4.78, 5) is 41.0. The van der Waals surface area contributed by atoms with Gasteiger partial charge in [-0.05, 0) is 94.2 Å². The molecule has 10 atom stereocenters. The molecular formula is C43H52N4O6. The molecule has 1 saturated carbocycles. The van der Waals surface area contributed by atoms with Gasteiger partial charge < -0.3 is 29.3 Å². The first-order valence-electron chi connectivity index (χ1n) is 19.4. The number of methoxy groups -OCH3 is 3. The number of allylic oxidation sites excluding steroid dienone is 1. The number of hydrogen-bond acceptors (Lipinski definition) is 8. The van der Waals surface area contributed by atoms with Gasteiger partial charge in [-0.3, -0.25) is 19.4 Å². The normalized spacial score (nSPS) is 33.5. The van der Waals surface area contributed by atoms with Crippen molar-refractivity contribution in [2.45, 2.75) is 75.5 Å². The molecule has 6 bridgehead atoms. The highest BCUT2D eigenvalue weighted by Gasteiger charge is 2.64. The number of carbonyl (C=O) groups excluding carboxylic acids is 2. The molecule has 10 rings (SSSR count). The van der Waals surface area contributed by atoms with Crippen molar-refractivity contribution < 1.29 is 28.9 Å². The number of esters is 2. The monoisotopic (exact) mass is 720 g/mol. The number of piperidine rings is 3. The Balaban J connectivity index is 1.32. The number of fused-ring (bicyclic) bond motifs is 9. The van der Waals surface area contributed by atoms with Crippen LogP contribution >= 0.6 is 0 Å². The molecule has 0 amide bonds. The molecule has 4 fully saturated rings. The second-order valence-electron chi connectivity index (χ2n) is 16.5. The molecular weight excluding hydrogens is 668 g/mol. The molecule has 3 saturated heterocycles. The minimum atomic E-state index is -0.935. The molecule has 10 heteroatoms. The number of likely N-dealkylation sites (N-methyl/N-ethyl adjacent to an activating group) is 1. The number of carbonyl (C=O) groups is 2. The van der Waals surface area contributed by atoms with E-state index < -0.39 is 11.5 Å². The Bertz CT molecular complexity index is 2150. The van der Waals surface area contributed by atoms with Crippen LogP contribution in [0.4, 0.5) is 0 Å². The number of hydrogen-bond donors (Lipinski definition) is 3. The van der Waals surface area contributed by atoms with Crippen molar-refractivity contribution in [1.29, 1.82) is 0 Å². The number of benzene rings is 2. The summed E-state index contributed by atoms with van der Waals surface area (Å²) in [5, 5.41) is 13.4. The molecule has 6 heterocycles. The SMILES string of the molecule is C/C=C1\CN(C)[C@@H]2Cc3c([nH]c4ccccc34)[C@H](c3c(OC)ccc4c5c([nH]c34)[C@]3(C(=O)OC)C[C@H]4C[C@H]([C@H](C)O)[C@@H]3N(CC5)C4)C[C@@H]1[C@H]2C(=O)OC. The van der Waals surface area contributed by atoms with Crippen LogP contribution in [-0.4, -0.2) is 103 Å². The van der Waals surface area contributed by atoms with E-state index in [0.717, 1.165) is 77.2 Å². The lowest BCUT2D eigenvalue weighted by molar-refractivity contribution is -0.166. The zero-order chi connectivity index (χ0) is 36.9. The van der Waals surface area contributed by atoms with E-state index >= 15 is 0 Å². The third-order valence-electron chi connectivity index (χ3n) is 14.2. The number of ether oxygens (including phenoxy) is 3. The van der Waals surface area contributed by atoms with Gasteiger partial charge in [0.15, 0.2) is 0 Å². The van der Waals surface area contributed by atoms with E-state index in [9.17, 15) is 14.7 Å². The van der Waals surface area contributed by atoms with E-state index in [-0.39, 0.29) is 53.6 Å². The van der Waals surface area contributed by atoms with Crippen molar-refractivity contribution in [3.05, 3.63) is 76.1 Å². The minimum absolute atomic E-state index is 0.0271. The third-order valence-corrected chi connectivity index (χ3v) is 14.2. The second-order valence-corrected chi connectivity index (χ2v) is 16.5. The minimum Gasteiger partial charge on any atom is -0.496 e. The van der Waals surface area contributed by atoms with Gasteiger partial charge in [0.05, 0.1) is 38.9 Å². The average Bonchev–Trinajstić information content (AvgIpc) is 3.70. The predicted molar refractivity (Wildman–Crippen MR) is 203 cm³/mol. The predicted octanol–water partition coefficient (Wildman–Crippen LogP) is 5.46. The maximum atomic E-state index is 14.4. The summed E-state index contributed by atoms with van der Waals surface area (Å²) in [6, 6.07) is 12.5. The fourth-order valence-electron chi connectivity index (χ4n) is 12.1. The van der Waals surface area contributed by atoms with Gasteiger partial charge in [-0.25, -0.2) is 0 Å². The van der Waals surface area contributed by atoms with Gasteiger partial charge in [-0.15, -0.1) is 0 Å². The van der Waals surface area contributed by atoms with Crippen LogP contribution in [0.15, 0.2) is 48.0 Å². The summed E-state index contributed by atoms with van der Waals surface area (Å²) in [6.07, 6.45) is 5.39. The quantitative estimate of drug-likeness (QED) is 0.184. The number of aromatic amines is 2. The van der Waals surface area contributed by atoms with Crippen molar-refractivity contribution in [2.24, 2.45) is 23.7 Å². The van der Waals surface area contributed by atoms with Crippen LogP contribution in [0.25, 0.3) is 21.8 Å². The maximum Gasteiger partial charge on any atom is 0.319 e. The van der Waals surface area contributed by atoms with Crippen molar-refractivity contribution in [3.8, 4) is 5.75 Å². The van der Waals surface area contributed by atoms with Gasteiger partial charge in [0.25, 0.3) is 0 Å². The third kappa shape index (κ3) is 4.87. The number of aromatic nitrogens is 2. The van der Waals surface area contributed by atoms with Gasteiger partial charge in [0, 0.05) is 76.8 Å². The van der Waals surface area contributed by atoms with Crippen LogP contribution in [0.2, 0.25) is 0 Å². The number of aliphatic hydroxyl groups is 1. The highest BCUT2D eigenvalue weighted by Crippen LogP contribution is 2.57. The molecule has 10 nitrogen and oxygen atoms in total. The van der Waals surface area contributed by atoms with Crippen LogP contribution in [0.1, 0.15) is 67.1 Å². The van der Waals surface area contributed by atoms with Gasteiger partial charge in [-0.1, -0.05) is 29.8 Å². The number of likely N-dealkylation sites (tertiary alicyclic amines) is 1. The van der Waals surface area contributed by atoms with Gasteiger partial charge in [-0.2, -0.15) is 0 Å².